The Morgan fingerprint density at radius 2 is 1.54 bits per heavy atom. The van der Waals surface area contributed by atoms with E-state index >= 15 is 0 Å². The molecule has 78 valence electrons. The summed E-state index contributed by atoms with van der Waals surface area (Å²) in [6, 6.07) is 0. The number of rotatable bonds is 5. The summed E-state index contributed by atoms with van der Waals surface area (Å²) >= 11 is 0. The Balaban J connectivity index is 4.90. The first-order chi connectivity index (χ1) is 5.69. The number of nitrogens with one attached hydrogen (secondary N) is 1. The van der Waals surface area contributed by atoms with Crippen LogP contribution >= 0.6 is 0 Å². The summed E-state index contributed by atoms with van der Waals surface area (Å²) in [5.74, 6) is 0. The highest BCUT2D eigenvalue weighted by atomic mass is 32.3. The molecule has 3 N–H and O–H groups in total. The zero-order valence-electron chi connectivity index (χ0n) is 6.11. The van der Waals surface area contributed by atoms with E-state index in [0.717, 1.165) is 0 Å². The third kappa shape index (κ3) is 4.17. The van der Waals surface area contributed by atoms with Crippen LogP contribution in [0.1, 0.15) is 0 Å². The summed E-state index contributed by atoms with van der Waals surface area (Å²) in [4.78, 5) is 9.70. The van der Waals surface area contributed by atoms with Gasteiger partial charge in [0.05, 0.1) is 6.54 Å². The number of carbonyl (C=O) groups excluding carboxylic acids is 1. The maximum absolute atomic E-state index is 10.3. The quantitative estimate of drug-likeness (QED) is 0.363. The minimum absolute atomic E-state index is 0.0311. The van der Waals surface area contributed by atoms with Gasteiger partial charge in [-0.05, 0) is 0 Å². The molecule has 0 aromatic heterocycles. The van der Waals surface area contributed by atoms with E-state index in [-0.39, 0.29) is 6.41 Å². The van der Waals surface area contributed by atoms with Crippen molar-refractivity contribution in [2.24, 2.45) is 0 Å². The second kappa shape index (κ2) is 4.00. The highest BCUT2D eigenvalue weighted by Gasteiger charge is 2.35. The molecule has 0 atom stereocenters. The van der Waals surface area contributed by atoms with Crippen LogP contribution in [0, 0.1) is 0 Å². The number of hydrogen-bond acceptors (Lipinski definition) is 5. The summed E-state index contributed by atoms with van der Waals surface area (Å²) in [6.45, 7) is -0.916. The summed E-state index contributed by atoms with van der Waals surface area (Å²) in [7, 11) is -9.91. The van der Waals surface area contributed by atoms with Crippen LogP contribution in [-0.2, 0) is 25.0 Å². The van der Waals surface area contributed by atoms with Gasteiger partial charge >= 0.3 is 0 Å². The first-order valence-electron chi connectivity index (χ1n) is 2.79. The fourth-order valence-corrected chi connectivity index (χ4v) is 2.35. The summed E-state index contributed by atoms with van der Waals surface area (Å²) < 4.78 is 55.6. The third-order valence-electron chi connectivity index (χ3n) is 1.03. The molecule has 0 aliphatic rings. The largest absolute Gasteiger partial charge is 0.356 e. The topological polar surface area (TPSA) is 138 Å². The molecule has 0 bridgehead atoms. The molecule has 0 rings (SSSR count). The molecular formula is C3H7NO7S2. The van der Waals surface area contributed by atoms with Gasteiger partial charge in [0.2, 0.25) is 11.0 Å². The maximum Gasteiger partial charge on any atom is 0.286 e. The molecule has 0 aliphatic heterocycles. The van der Waals surface area contributed by atoms with Crippen LogP contribution in [0.25, 0.3) is 0 Å². The Kier molecular flexibility index (Phi) is 3.78. The summed E-state index contributed by atoms with van der Waals surface area (Å²) in [6.07, 6.45) is 0.0311. The molecule has 0 aliphatic carbocycles. The molecule has 0 spiro atoms. The van der Waals surface area contributed by atoms with Crippen molar-refractivity contribution in [3.05, 3.63) is 0 Å². The number of hydrogen-bond donors (Lipinski definition) is 3. The van der Waals surface area contributed by atoms with Crippen LogP contribution in [0.2, 0.25) is 0 Å². The zero-order chi connectivity index (χ0) is 10.7. The lowest BCUT2D eigenvalue weighted by atomic mass is 10.7. The standard InChI is InChI=1S/C3H7NO7S2/c5-2-4-1-3(12(6,7)8)13(9,10)11/h2-3H,1H2,(H,4,5)(H,6,7,8)(H,9,10,11). The highest BCUT2D eigenvalue weighted by molar-refractivity contribution is 8.04. The van der Waals surface area contributed by atoms with Crippen molar-refractivity contribution in [2.45, 2.75) is 4.58 Å². The molecule has 1 amide bonds. The second-order valence-electron chi connectivity index (χ2n) is 1.99. The zero-order valence-corrected chi connectivity index (χ0v) is 7.75. The van der Waals surface area contributed by atoms with Gasteiger partial charge in [-0.2, -0.15) is 16.8 Å². The maximum atomic E-state index is 10.3. The molecule has 0 saturated carbocycles. The molecule has 10 heteroatoms. The lowest BCUT2D eigenvalue weighted by molar-refractivity contribution is -0.109. The van der Waals surface area contributed by atoms with Crippen molar-refractivity contribution in [2.75, 3.05) is 6.54 Å². The van der Waals surface area contributed by atoms with Crippen LogP contribution in [-0.4, -0.2) is 43.5 Å². The molecule has 13 heavy (non-hydrogen) atoms. The van der Waals surface area contributed by atoms with E-state index in [1.807, 2.05) is 0 Å². The van der Waals surface area contributed by atoms with Crippen LogP contribution in [0.3, 0.4) is 0 Å². The van der Waals surface area contributed by atoms with E-state index in [0.29, 0.717) is 0 Å². The molecule has 0 aromatic rings. The van der Waals surface area contributed by atoms with Crippen LogP contribution in [0.15, 0.2) is 0 Å². The molecule has 0 saturated heterocycles. The van der Waals surface area contributed by atoms with Crippen molar-refractivity contribution < 1.29 is 30.7 Å². The van der Waals surface area contributed by atoms with Crippen molar-refractivity contribution in [1.82, 2.24) is 5.32 Å². The molecule has 0 radical (unpaired) electrons. The van der Waals surface area contributed by atoms with Crippen molar-refractivity contribution in [1.29, 1.82) is 0 Å². The van der Waals surface area contributed by atoms with E-state index < -0.39 is 31.4 Å². The van der Waals surface area contributed by atoms with E-state index in [9.17, 15) is 21.6 Å². The lowest BCUT2D eigenvalue weighted by Crippen LogP contribution is -2.38. The molecule has 0 fully saturated rings. The average Bonchev–Trinajstić information content (AvgIpc) is 1.81. The Labute approximate surface area is 74.4 Å². The Morgan fingerprint density at radius 3 is 1.77 bits per heavy atom. The van der Waals surface area contributed by atoms with Gasteiger partial charge in [0, 0.05) is 0 Å². The summed E-state index contributed by atoms with van der Waals surface area (Å²) in [5.41, 5.74) is 0. The smallest absolute Gasteiger partial charge is 0.286 e. The molecule has 8 nitrogen and oxygen atoms in total. The predicted octanol–water partition coefficient (Wildman–Crippen LogP) is -2.17. The van der Waals surface area contributed by atoms with Crippen LogP contribution in [0.5, 0.6) is 0 Å². The van der Waals surface area contributed by atoms with Crippen molar-refractivity contribution >= 4 is 26.6 Å². The van der Waals surface area contributed by atoms with Gasteiger partial charge in [0.15, 0.2) is 0 Å². The fraction of sp³-hybridized carbons (Fsp3) is 0.667. The van der Waals surface area contributed by atoms with E-state index in [2.05, 4.69) is 0 Å². The summed E-state index contributed by atoms with van der Waals surface area (Å²) in [5, 5.41) is 1.70. The molecular weight excluding hydrogens is 226 g/mol. The predicted molar refractivity (Wildman–Crippen MR) is 41.0 cm³/mol. The monoisotopic (exact) mass is 233 g/mol. The number of amides is 1. The third-order valence-corrected chi connectivity index (χ3v) is 4.15. The average molecular weight is 233 g/mol. The fourth-order valence-electron chi connectivity index (χ4n) is 0.509. The van der Waals surface area contributed by atoms with Gasteiger partial charge < -0.3 is 5.32 Å². The van der Waals surface area contributed by atoms with E-state index in [1.165, 1.54) is 0 Å². The number of carbonyl (C=O) groups is 1. The minimum atomic E-state index is -4.95. The minimum Gasteiger partial charge on any atom is -0.356 e. The first kappa shape index (κ1) is 12.3. The van der Waals surface area contributed by atoms with Gasteiger partial charge in [-0.3, -0.25) is 13.9 Å². The van der Waals surface area contributed by atoms with Gasteiger partial charge in [0.1, 0.15) is 0 Å². The molecule has 0 unspecified atom stereocenters. The normalized spacial score (nSPS) is 12.8. The van der Waals surface area contributed by atoms with Crippen LogP contribution in [0.4, 0.5) is 0 Å². The highest BCUT2D eigenvalue weighted by Crippen LogP contribution is 2.04. The Morgan fingerprint density at radius 1 is 1.15 bits per heavy atom. The van der Waals surface area contributed by atoms with Gasteiger partial charge in [0.25, 0.3) is 20.2 Å². The van der Waals surface area contributed by atoms with Gasteiger partial charge in [-0.1, -0.05) is 0 Å². The Hall–Kier alpha value is -0.710. The van der Waals surface area contributed by atoms with Crippen molar-refractivity contribution in [3.63, 3.8) is 0 Å². The SMILES string of the molecule is O=CNCC(S(=O)(=O)O)S(=O)(=O)O. The first-order valence-corrected chi connectivity index (χ1v) is 5.80. The Bertz CT molecular complexity index is 335. The van der Waals surface area contributed by atoms with Crippen LogP contribution < -0.4 is 5.32 Å². The lowest BCUT2D eigenvalue weighted by Gasteiger charge is -2.08. The molecule has 0 heterocycles. The van der Waals surface area contributed by atoms with E-state index in [4.69, 9.17) is 9.11 Å². The van der Waals surface area contributed by atoms with Gasteiger partial charge in [-0.25, -0.2) is 0 Å². The van der Waals surface area contributed by atoms with Crippen molar-refractivity contribution in [3.8, 4) is 0 Å². The van der Waals surface area contributed by atoms with E-state index in [1.54, 1.807) is 5.32 Å². The van der Waals surface area contributed by atoms with Gasteiger partial charge in [-0.15, -0.1) is 0 Å². The second-order valence-corrected chi connectivity index (χ2v) is 5.48. The molecule has 0 aromatic carbocycles.